The fourth-order valence-corrected chi connectivity index (χ4v) is 3.82. The molecule has 0 amide bonds. The molecule has 0 spiro atoms. The molecule has 1 fully saturated rings. The quantitative estimate of drug-likeness (QED) is 0.762. The largest absolute Gasteiger partial charge is 0.246 e. The highest BCUT2D eigenvalue weighted by molar-refractivity contribution is 7.89. The zero-order chi connectivity index (χ0) is 11.8. The SMILES string of the molecule is CC1CCN(S(=O)(=O)c2cccnc2Cl)C1. The summed E-state index contributed by atoms with van der Waals surface area (Å²) < 4.78 is 25.9. The Labute approximate surface area is 100 Å². The van der Waals surface area contributed by atoms with Crippen LogP contribution in [0.3, 0.4) is 0 Å². The molecule has 2 rings (SSSR count). The first kappa shape index (κ1) is 11.8. The zero-order valence-corrected chi connectivity index (χ0v) is 10.5. The number of hydrogen-bond donors (Lipinski definition) is 0. The Morgan fingerprint density at radius 2 is 2.31 bits per heavy atom. The summed E-state index contributed by atoms with van der Waals surface area (Å²) in [6.07, 6.45) is 2.38. The molecule has 1 aromatic heterocycles. The molecule has 1 aromatic rings. The van der Waals surface area contributed by atoms with Crippen LogP contribution in [0.1, 0.15) is 13.3 Å². The Bertz CT molecular complexity index is 489. The molecule has 16 heavy (non-hydrogen) atoms. The topological polar surface area (TPSA) is 50.3 Å². The normalized spacial score (nSPS) is 22.5. The number of halogens is 1. The van der Waals surface area contributed by atoms with Gasteiger partial charge >= 0.3 is 0 Å². The molecule has 88 valence electrons. The van der Waals surface area contributed by atoms with Gasteiger partial charge in [0.15, 0.2) is 0 Å². The van der Waals surface area contributed by atoms with Crippen LogP contribution in [0.5, 0.6) is 0 Å². The van der Waals surface area contributed by atoms with Crippen molar-refractivity contribution in [2.24, 2.45) is 5.92 Å². The molecule has 1 aliphatic rings. The van der Waals surface area contributed by atoms with Crippen molar-refractivity contribution in [2.75, 3.05) is 13.1 Å². The van der Waals surface area contributed by atoms with Crippen LogP contribution in [0.4, 0.5) is 0 Å². The molecule has 6 heteroatoms. The summed E-state index contributed by atoms with van der Waals surface area (Å²) in [6, 6.07) is 3.08. The Morgan fingerprint density at radius 1 is 1.56 bits per heavy atom. The van der Waals surface area contributed by atoms with Crippen molar-refractivity contribution in [1.29, 1.82) is 0 Å². The van der Waals surface area contributed by atoms with Crippen LogP contribution >= 0.6 is 11.6 Å². The third-order valence-electron chi connectivity index (χ3n) is 2.73. The molecule has 2 heterocycles. The van der Waals surface area contributed by atoms with Crippen molar-refractivity contribution in [3.8, 4) is 0 Å². The summed E-state index contributed by atoms with van der Waals surface area (Å²) >= 11 is 5.81. The van der Waals surface area contributed by atoms with Gasteiger partial charge in [0, 0.05) is 19.3 Å². The number of sulfonamides is 1. The lowest BCUT2D eigenvalue weighted by Crippen LogP contribution is -2.29. The highest BCUT2D eigenvalue weighted by Crippen LogP contribution is 2.26. The van der Waals surface area contributed by atoms with Crippen LogP contribution in [-0.2, 0) is 10.0 Å². The number of rotatable bonds is 2. The first-order valence-corrected chi connectivity index (χ1v) is 6.94. The summed E-state index contributed by atoms with van der Waals surface area (Å²) in [6.45, 7) is 3.17. The number of nitrogens with zero attached hydrogens (tertiary/aromatic N) is 2. The van der Waals surface area contributed by atoms with Crippen molar-refractivity contribution < 1.29 is 8.42 Å². The lowest BCUT2D eigenvalue weighted by molar-refractivity contribution is 0.464. The molecule has 0 aliphatic carbocycles. The highest BCUT2D eigenvalue weighted by atomic mass is 35.5. The number of aromatic nitrogens is 1. The fraction of sp³-hybridized carbons (Fsp3) is 0.500. The van der Waals surface area contributed by atoms with Gasteiger partial charge in [0.05, 0.1) is 0 Å². The summed E-state index contributed by atoms with van der Waals surface area (Å²) in [5, 5.41) is 0.0436. The van der Waals surface area contributed by atoms with Crippen molar-refractivity contribution in [3.63, 3.8) is 0 Å². The summed E-state index contributed by atoms with van der Waals surface area (Å²) in [5.41, 5.74) is 0. The molecule has 0 N–H and O–H groups in total. The third-order valence-corrected chi connectivity index (χ3v) is 5.04. The van der Waals surface area contributed by atoms with Gasteiger partial charge in [0.1, 0.15) is 10.0 Å². The second kappa shape index (κ2) is 4.31. The Morgan fingerprint density at radius 3 is 2.88 bits per heavy atom. The second-order valence-corrected chi connectivity index (χ2v) is 6.31. The predicted molar refractivity (Wildman–Crippen MR) is 61.8 cm³/mol. The molecule has 1 aliphatic heterocycles. The van der Waals surface area contributed by atoms with E-state index in [9.17, 15) is 8.42 Å². The van der Waals surface area contributed by atoms with E-state index in [-0.39, 0.29) is 10.0 Å². The van der Waals surface area contributed by atoms with Crippen molar-refractivity contribution in [2.45, 2.75) is 18.2 Å². The fourth-order valence-electron chi connectivity index (χ4n) is 1.82. The van der Waals surface area contributed by atoms with E-state index in [1.54, 1.807) is 6.07 Å². The van der Waals surface area contributed by atoms with E-state index in [0.717, 1.165) is 6.42 Å². The first-order chi connectivity index (χ1) is 7.51. The van der Waals surface area contributed by atoms with Crippen LogP contribution in [0, 0.1) is 5.92 Å². The van der Waals surface area contributed by atoms with Crippen LogP contribution in [0.15, 0.2) is 23.2 Å². The predicted octanol–water partition coefficient (Wildman–Crippen LogP) is 1.77. The number of hydrogen-bond acceptors (Lipinski definition) is 3. The summed E-state index contributed by atoms with van der Waals surface area (Å²) in [4.78, 5) is 3.90. The minimum Gasteiger partial charge on any atom is -0.243 e. The number of pyridine rings is 1. The molecule has 4 nitrogen and oxygen atoms in total. The summed E-state index contributed by atoms with van der Waals surface area (Å²) in [7, 11) is -3.46. The van der Waals surface area contributed by atoms with Crippen LogP contribution < -0.4 is 0 Å². The van der Waals surface area contributed by atoms with Gasteiger partial charge in [0.2, 0.25) is 10.0 Å². The first-order valence-electron chi connectivity index (χ1n) is 5.12. The van der Waals surface area contributed by atoms with E-state index in [1.807, 2.05) is 6.92 Å². The van der Waals surface area contributed by atoms with Gasteiger partial charge < -0.3 is 0 Å². The molecular weight excluding hydrogens is 248 g/mol. The molecule has 1 saturated heterocycles. The van der Waals surface area contributed by atoms with Gasteiger partial charge in [-0.3, -0.25) is 0 Å². The zero-order valence-electron chi connectivity index (χ0n) is 8.93. The standard InChI is InChI=1S/C10H13ClN2O2S/c1-8-4-6-13(7-8)16(14,15)9-3-2-5-12-10(9)11/h2-3,5,8H,4,6-7H2,1H3. The van der Waals surface area contributed by atoms with E-state index in [4.69, 9.17) is 11.6 Å². The molecule has 1 atom stereocenters. The van der Waals surface area contributed by atoms with Crippen molar-refractivity contribution in [1.82, 2.24) is 9.29 Å². The van der Waals surface area contributed by atoms with Crippen LogP contribution in [0.2, 0.25) is 5.15 Å². The molecule has 0 radical (unpaired) electrons. The third kappa shape index (κ3) is 2.07. The van der Waals surface area contributed by atoms with Crippen LogP contribution in [0.25, 0.3) is 0 Å². The van der Waals surface area contributed by atoms with Crippen LogP contribution in [-0.4, -0.2) is 30.8 Å². The maximum absolute atomic E-state index is 12.2. The lowest BCUT2D eigenvalue weighted by Gasteiger charge is -2.16. The van der Waals surface area contributed by atoms with E-state index >= 15 is 0 Å². The van der Waals surface area contributed by atoms with E-state index in [0.29, 0.717) is 19.0 Å². The average Bonchev–Trinajstić information content (AvgIpc) is 2.66. The lowest BCUT2D eigenvalue weighted by atomic mass is 10.2. The van der Waals surface area contributed by atoms with Crippen molar-refractivity contribution in [3.05, 3.63) is 23.5 Å². The molecule has 0 bridgehead atoms. The minimum absolute atomic E-state index is 0.0436. The Hall–Kier alpha value is -0.650. The average molecular weight is 261 g/mol. The second-order valence-electron chi connectivity index (χ2n) is 4.05. The molecule has 1 unspecified atom stereocenters. The Kier molecular flexibility index (Phi) is 3.19. The summed E-state index contributed by atoms with van der Waals surface area (Å²) in [5.74, 6) is 0.408. The van der Waals surface area contributed by atoms with Gasteiger partial charge in [-0.25, -0.2) is 13.4 Å². The van der Waals surface area contributed by atoms with Gasteiger partial charge in [-0.15, -0.1) is 0 Å². The Balaban J connectivity index is 2.36. The van der Waals surface area contributed by atoms with Gasteiger partial charge in [0.25, 0.3) is 0 Å². The van der Waals surface area contributed by atoms with Gasteiger partial charge in [-0.05, 0) is 24.5 Å². The monoisotopic (exact) mass is 260 g/mol. The molecule has 0 aromatic carbocycles. The van der Waals surface area contributed by atoms with E-state index in [1.165, 1.54) is 16.6 Å². The van der Waals surface area contributed by atoms with Crippen molar-refractivity contribution >= 4 is 21.6 Å². The molecular formula is C10H13ClN2O2S. The maximum Gasteiger partial charge on any atom is 0.246 e. The minimum atomic E-state index is -3.46. The van der Waals surface area contributed by atoms with Gasteiger partial charge in [-0.1, -0.05) is 18.5 Å². The molecule has 0 saturated carbocycles. The van der Waals surface area contributed by atoms with E-state index < -0.39 is 10.0 Å². The highest BCUT2D eigenvalue weighted by Gasteiger charge is 2.32. The van der Waals surface area contributed by atoms with E-state index in [2.05, 4.69) is 4.98 Å². The smallest absolute Gasteiger partial charge is 0.243 e. The van der Waals surface area contributed by atoms with Gasteiger partial charge in [-0.2, -0.15) is 4.31 Å². The maximum atomic E-state index is 12.2.